The second-order valence-electron chi connectivity index (χ2n) is 5.17. The Morgan fingerprint density at radius 3 is 2.88 bits per heavy atom. The zero-order chi connectivity index (χ0) is 19.1. The molecule has 2 aromatic rings. The third kappa shape index (κ3) is 4.03. The summed E-state index contributed by atoms with van der Waals surface area (Å²) in [6.07, 6.45) is -3.42. The molecule has 0 amide bonds. The number of alkyl halides is 1. The number of aliphatic hydroxyl groups is 1. The van der Waals surface area contributed by atoms with Gasteiger partial charge in [0.15, 0.2) is 23.9 Å². The maximum Gasteiger partial charge on any atom is 0.532 e. The van der Waals surface area contributed by atoms with Gasteiger partial charge in [-0.05, 0) is 4.31 Å². The number of nitrogen functional groups attached to an aromatic ring is 1. The van der Waals surface area contributed by atoms with Gasteiger partial charge in [-0.15, -0.1) is 4.52 Å². The lowest BCUT2D eigenvalue weighted by Crippen LogP contribution is -2.31. The Kier molecular flexibility index (Phi) is 5.58. The van der Waals surface area contributed by atoms with Crippen LogP contribution in [-0.4, -0.2) is 59.4 Å². The Balaban J connectivity index is 1.72. The van der Waals surface area contributed by atoms with Crippen molar-refractivity contribution < 1.29 is 37.4 Å². The molecular formula is C10H13FN5O7P2S+. The van der Waals surface area contributed by atoms with Crippen molar-refractivity contribution in [1.82, 2.24) is 19.5 Å². The first-order chi connectivity index (χ1) is 12.2. The largest absolute Gasteiger partial charge is 0.532 e. The van der Waals surface area contributed by atoms with Crippen molar-refractivity contribution in [3.05, 3.63) is 12.7 Å². The fourth-order valence-corrected chi connectivity index (χ4v) is 4.48. The van der Waals surface area contributed by atoms with Gasteiger partial charge in [0.2, 0.25) is 11.8 Å². The van der Waals surface area contributed by atoms with Crippen LogP contribution in [-0.2, 0) is 29.9 Å². The van der Waals surface area contributed by atoms with Crippen molar-refractivity contribution >= 4 is 43.8 Å². The van der Waals surface area contributed by atoms with Gasteiger partial charge in [0.25, 0.3) is 0 Å². The topological polar surface area (TPSA) is 175 Å². The van der Waals surface area contributed by atoms with Gasteiger partial charge in [0.05, 0.1) is 6.33 Å². The van der Waals surface area contributed by atoms with Crippen LogP contribution in [0.25, 0.3) is 11.2 Å². The predicted octanol–water partition coefficient (Wildman–Crippen LogP) is -0.0954. The van der Waals surface area contributed by atoms with E-state index in [1.165, 1.54) is 17.2 Å². The SMILES string of the molecule is Nc1ncnc2c1ncn2[C@@H]1O[C@H](CO[P+](=S)OP(=O)(O)O)[C@H](O)[C@@H]1F. The molecule has 0 aliphatic carbocycles. The molecule has 5 N–H and O–H groups in total. The van der Waals surface area contributed by atoms with Crippen molar-refractivity contribution in [2.45, 2.75) is 24.6 Å². The maximum atomic E-state index is 14.5. The molecule has 0 spiro atoms. The first-order valence-electron chi connectivity index (χ1n) is 6.93. The highest BCUT2D eigenvalue weighted by molar-refractivity contribution is 8.02. The lowest BCUT2D eigenvalue weighted by Gasteiger charge is -2.14. The van der Waals surface area contributed by atoms with Crippen LogP contribution < -0.4 is 5.73 Å². The van der Waals surface area contributed by atoms with Gasteiger partial charge in [0.1, 0.15) is 30.7 Å². The highest BCUT2D eigenvalue weighted by Gasteiger charge is 2.47. The van der Waals surface area contributed by atoms with E-state index in [1.54, 1.807) is 0 Å². The molecule has 0 bridgehead atoms. The first kappa shape index (κ1) is 19.5. The van der Waals surface area contributed by atoms with Gasteiger partial charge in [-0.2, -0.15) is 0 Å². The van der Waals surface area contributed by atoms with Gasteiger partial charge >= 0.3 is 15.0 Å². The van der Waals surface area contributed by atoms with E-state index < -0.39 is 46.2 Å². The Hall–Kier alpha value is -1.21. The van der Waals surface area contributed by atoms with Gasteiger partial charge in [0, 0.05) is 0 Å². The fourth-order valence-electron chi connectivity index (χ4n) is 2.37. The number of phosphoric acid groups is 1. The average molecular weight is 428 g/mol. The zero-order valence-electron chi connectivity index (χ0n) is 12.7. The van der Waals surface area contributed by atoms with Crippen LogP contribution in [0, 0.1) is 0 Å². The molecule has 1 fully saturated rings. The van der Waals surface area contributed by atoms with E-state index in [-0.39, 0.29) is 17.0 Å². The molecule has 1 saturated heterocycles. The van der Waals surface area contributed by atoms with Crippen molar-refractivity contribution in [3.63, 3.8) is 0 Å². The van der Waals surface area contributed by atoms with Crippen LogP contribution in [0.5, 0.6) is 0 Å². The number of ether oxygens (including phenoxy) is 1. The molecule has 5 atom stereocenters. The summed E-state index contributed by atoms with van der Waals surface area (Å²) in [5, 5.41) is 10.0. The lowest BCUT2D eigenvalue weighted by atomic mass is 10.1. The first-order valence-corrected chi connectivity index (χ1v) is 10.7. The number of hydrogen-bond donors (Lipinski definition) is 4. The monoisotopic (exact) mass is 428 g/mol. The number of anilines is 1. The molecule has 12 nitrogen and oxygen atoms in total. The smallest absolute Gasteiger partial charge is 0.387 e. The van der Waals surface area contributed by atoms with Crippen LogP contribution in [0.2, 0.25) is 0 Å². The number of nitrogens with zero attached hydrogens (tertiary/aromatic N) is 4. The molecule has 26 heavy (non-hydrogen) atoms. The van der Waals surface area contributed by atoms with Crippen LogP contribution in [0.1, 0.15) is 6.23 Å². The van der Waals surface area contributed by atoms with E-state index in [1.807, 2.05) is 0 Å². The minimum Gasteiger partial charge on any atom is -0.387 e. The molecule has 142 valence electrons. The number of fused-ring (bicyclic) bond motifs is 1. The summed E-state index contributed by atoms with van der Waals surface area (Å²) in [5.74, 6) is 0.105. The quantitative estimate of drug-likeness (QED) is 0.451. The second kappa shape index (κ2) is 7.43. The minimum atomic E-state index is -4.81. The van der Waals surface area contributed by atoms with Crippen LogP contribution in [0.3, 0.4) is 0 Å². The number of aromatic nitrogens is 4. The van der Waals surface area contributed by atoms with E-state index >= 15 is 0 Å². The summed E-state index contributed by atoms with van der Waals surface area (Å²) in [6, 6.07) is 0. The molecule has 2 aromatic heterocycles. The van der Waals surface area contributed by atoms with Gasteiger partial charge in [-0.1, -0.05) is 0 Å². The number of aliphatic hydroxyl groups excluding tert-OH is 1. The van der Waals surface area contributed by atoms with E-state index in [0.717, 1.165) is 0 Å². The van der Waals surface area contributed by atoms with Crippen LogP contribution >= 0.6 is 15.0 Å². The van der Waals surface area contributed by atoms with E-state index in [0.29, 0.717) is 0 Å². The summed E-state index contributed by atoms with van der Waals surface area (Å²) in [7, 11) is -7.17. The number of halogens is 1. The Labute approximate surface area is 150 Å². The summed E-state index contributed by atoms with van der Waals surface area (Å²) in [6.45, 7) is -0.433. The normalized spacial score (nSPS) is 27.2. The van der Waals surface area contributed by atoms with Gasteiger partial charge in [-0.25, -0.2) is 23.9 Å². The number of hydrogen-bond acceptors (Lipinski definition) is 10. The number of rotatable bonds is 6. The summed E-state index contributed by atoms with van der Waals surface area (Å²) in [5.41, 5.74) is 6.14. The summed E-state index contributed by atoms with van der Waals surface area (Å²) < 4.78 is 41.0. The molecule has 0 radical (unpaired) electrons. The second-order valence-corrected chi connectivity index (χ2v) is 8.41. The Morgan fingerprint density at radius 2 is 2.19 bits per heavy atom. The predicted molar refractivity (Wildman–Crippen MR) is 87.9 cm³/mol. The number of imidazole rings is 1. The molecular weight excluding hydrogens is 415 g/mol. The lowest BCUT2D eigenvalue weighted by molar-refractivity contribution is -0.0403. The molecule has 1 aliphatic heterocycles. The molecule has 0 saturated carbocycles. The minimum absolute atomic E-state index is 0.105. The maximum absolute atomic E-state index is 14.5. The Morgan fingerprint density at radius 1 is 1.46 bits per heavy atom. The summed E-state index contributed by atoms with van der Waals surface area (Å²) in [4.78, 5) is 29.0. The molecule has 0 aromatic carbocycles. The molecule has 1 aliphatic rings. The van der Waals surface area contributed by atoms with Crippen molar-refractivity contribution in [2.24, 2.45) is 0 Å². The van der Waals surface area contributed by atoms with Gasteiger partial charge in [-0.3, -0.25) is 4.57 Å². The highest BCUT2D eigenvalue weighted by Crippen LogP contribution is 2.48. The fraction of sp³-hybridized carbons (Fsp3) is 0.500. The van der Waals surface area contributed by atoms with Crippen LogP contribution in [0.4, 0.5) is 10.2 Å². The third-order valence-corrected chi connectivity index (χ3v) is 6.13. The van der Waals surface area contributed by atoms with E-state index in [4.69, 9.17) is 24.8 Å². The highest BCUT2D eigenvalue weighted by atomic mass is 32.4. The molecule has 3 rings (SSSR count). The average Bonchev–Trinajstić information content (AvgIpc) is 3.08. The van der Waals surface area contributed by atoms with Gasteiger partial charge < -0.3 is 25.4 Å². The molecule has 1 unspecified atom stereocenters. The molecule has 3 heterocycles. The van der Waals surface area contributed by atoms with Crippen LogP contribution in [0.15, 0.2) is 12.7 Å². The third-order valence-electron chi connectivity index (χ3n) is 3.47. The van der Waals surface area contributed by atoms with Crippen molar-refractivity contribution in [2.75, 3.05) is 12.3 Å². The summed E-state index contributed by atoms with van der Waals surface area (Å²) >= 11 is 4.63. The van der Waals surface area contributed by atoms with Crippen molar-refractivity contribution in [3.8, 4) is 0 Å². The molecule has 16 heteroatoms. The standard InChI is InChI=1S/C10H12FN5O7P2S/c11-5-7(17)4(1-21-24(26)23-25(18,19)20)22-10(5)16-3-15-6-8(12)13-2-14-9(6)16/h2-5,7,10,17H,1H2,(H3-,12,13,14,18,19,20)/p+1/t4-,5+,7+,10-/m1/s1. The van der Waals surface area contributed by atoms with E-state index in [9.17, 15) is 14.1 Å². The zero-order valence-corrected chi connectivity index (χ0v) is 15.3. The van der Waals surface area contributed by atoms with Crippen molar-refractivity contribution in [1.29, 1.82) is 0 Å². The number of nitrogens with two attached hydrogens (primary N) is 1. The van der Waals surface area contributed by atoms with E-state index in [2.05, 4.69) is 31.1 Å². The Bertz CT molecular complexity index is 881.